The number of aromatic nitrogens is 2. The van der Waals surface area contributed by atoms with Gasteiger partial charge in [-0.3, -0.25) is 24.7 Å². The molecule has 6 heteroatoms. The normalized spacial score (nSPS) is 20.1. The number of benzene rings is 1. The number of aliphatic imine (C=N–C) groups is 1. The molecule has 3 aromatic rings. The third kappa shape index (κ3) is 4.03. The molecule has 172 valence electrons. The third-order valence-corrected chi connectivity index (χ3v) is 7.29. The molecule has 3 aliphatic rings. The molecule has 0 bridgehead atoms. The van der Waals surface area contributed by atoms with Gasteiger partial charge in [0, 0.05) is 54.9 Å². The zero-order chi connectivity index (χ0) is 23.1. The van der Waals surface area contributed by atoms with Gasteiger partial charge in [0.1, 0.15) is 0 Å². The lowest BCUT2D eigenvalue weighted by atomic mass is 9.90. The molecule has 0 spiro atoms. The minimum absolute atomic E-state index is 0.251. The van der Waals surface area contributed by atoms with E-state index in [1.807, 2.05) is 37.5 Å². The van der Waals surface area contributed by atoms with Gasteiger partial charge in [-0.05, 0) is 73.3 Å². The Morgan fingerprint density at radius 3 is 2.82 bits per heavy atom. The van der Waals surface area contributed by atoms with E-state index >= 15 is 0 Å². The first kappa shape index (κ1) is 21.2. The summed E-state index contributed by atoms with van der Waals surface area (Å²) >= 11 is 0. The average molecular weight is 452 g/mol. The molecule has 0 N–H and O–H groups in total. The highest BCUT2D eigenvalue weighted by Gasteiger charge is 2.33. The summed E-state index contributed by atoms with van der Waals surface area (Å²) in [7, 11) is 0. The molecule has 3 aliphatic heterocycles. The fourth-order valence-electron chi connectivity index (χ4n) is 5.61. The van der Waals surface area contributed by atoms with Crippen LogP contribution >= 0.6 is 0 Å². The number of hydrogen-bond donors (Lipinski definition) is 0. The van der Waals surface area contributed by atoms with Crippen LogP contribution in [-0.4, -0.2) is 50.5 Å². The number of fused-ring (bicyclic) bond motifs is 2. The van der Waals surface area contributed by atoms with E-state index in [4.69, 9.17) is 4.99 Å². The van der Waals surface area contributed by atoms with Gasteiger partial charge < -0.3 is 4.90 Å². The molecule has 1 fully saturated rings. The van der Waals surface area contributed by atoms with Gasteiger partial charge in [0.2, 0.25) is 5.91 Å². The van der Waals surface area contributed by atoms with Gasteiger partial charge in [-0.15, -0.1) is 0 Å². The van der Waals surface area contributed by atoms with Gasteiger partial charge in [0.05, 0.1) is 24.4 Å². The van der Waals surface area contributed by atoms with Crippen molar-refractivity contribution in [2.45, 2.75) is 51.9 Å². The summed E-state index contributed by atoms with van der Waals surface area (Å²) in [6, 6.07) is 15.0. The van der Waals surface area contributed by atoms with Crippen LogP contribution in [0.4, 0.5) is 0 Å². The lowest BCUT2D eigenvalue weighted by Crippen LogP contribution is -2.51. The Hall–Kier alpha value is -3.38. The number of amides is 1. The molecule has 0 unspecified atom stereocenters. The third-order valence-electron chi connectivity index (χ3n) is 7.29. The second-order valence-corrected chi connectivity index (χ2v) is 9.68. The van der Waals surface area contributed by atoms with E-state index in [1.165, 1.54) is 22.3 Å². The minimum atomic E-state index is 0.251. The van der Waals surface area contributed by atoms with Crippen molar-refractivity contribution in [1.82, 2.24) is 19.8 Å². The molecule has 2 aromatic heterocycles. The molecular weight excluding hydrogens is 422 g/mol. The van der Waals surface area contributed by atoms with E-state index in [1.54, 1.807) is 0 Å². The molecule has 0 radical (unpaired) electrons. The van der Waals surface area contributed by atoms with Gasteiger partial charge in [-0.25, -0.2) is 0 Å². The fraction of sp³-hybridized carbons (Fsp3) is 0.357. The van der Waals surface area contributed by atoms with E-state index in [9.17, 15) is 4.79 Å². The highest BCUT2D eigenvalue weighted by molar-refractivity contribution is 6.15. The molecule has 34 heavy (non-hydrogen) atoms. The maximum atomic E-state index is 13.2. The number of aryl methyl sites for hydroxylation is 1. The highest BCUT2D eigenvalue weighted by atomic mass is 16.2. The monoisotopic (exact) mass is 451 g/mol. The van der Waals surface area contributed by atoms with E-state index < -0.39 is 0 Å². The summed E-state index contributed by atoms with van der Waals surface area (Å²) in [5.41, 5.74) is 9.12. The predicted molar refractivity (Wildman–Crippen MR) is 132 cm³/mol. The lowest BCUT2D eigenvalue weighted by molar-refractivity contribution is -0.135. The number of rotatable bonds is 4. The van der Waals surface area contributed by atoms with Crippen molar-refractivity contribution in [1.29, 1.82) is 0 Å². The maximum Gasteiger partial charge on any atom is 0.227 e. The second-order valence-electron chi connectivity index (χ2n) is 9.68. The van der Waals surface area contributed by atoms with Gasteiger partial charge >= 0.3 is 0 Å². The van der Waals surface area contributed by atoms with Crippen molar-refractivity contribution in [3.8, 4) is 0 Å². The van der Waals surface area contributed by atoms with Gasteiger partial charge in [-0.2, -0.15) is 0 Å². The Balaban J connectivity index is 1.23. The van der Waals surface area contributed by atoms with Crippen LogP contribution in [0.25, 0.3) is 0 Å². The van der Waals surface area contributed by atoms with Crippen LogP contribution < -0.4 is 0 Å². The molecule has 5 heterocycles. The molecule has 1 atom stereocenters. The lowest BCUT2D eigenvalue weighted by Gasteiger charge is -2.41. The summed E-state index contributed by atoms with van der Waals surface area (Å²) in [6.45, 7) is 6.19. The molecular formula is C28H29N5O. The zero-order valence-electron chi connectivity index (χ0n) is 19.6. The van der Waals surface area contributed by atoms with Gasteiger partial charge in [-0.1, -0.05) is 12.1 Å². The van der Waals surface area contributed by atoms with Crippen LogP contribution in [-0.2, 0) is 30.8 Å². The fourth-order valence-corrected chi connectivity index (χ4v) is 5.61. The smallest absolute Gasteiger partial charge is 0.227 e. The molecule has 6 rings (SSSR count). The Labute approximate surface area is 200 Å². The van der Waals surface area contributed by atoms with Crippen LogP contribution in [0.3, 0.4) is 0 Å². The predicted octanol–water partition coefficient (Wildman–Crippen LogP) is 3.69. The van der Waals surface area contributed by atoms with E-state index in [0.29, 0.717) is 19.5 Å². The van der Waals surface area contributed by atoms with Crippen molar-refractivity contribution >= 4 is 11.6 Å². The largest absolute Gasteiger partial charge is 0.334 e. The molecule has 0 saturated carbocycles. The van der Waals surface area contributed by atoms with Crippen molar-refractivity contribution < 1.29 is 4.79 Å². The number of pyridine rings is 2. The summed E-state index contributed by atoms with van der Waals surface area (Å²) in [5.74, 6) is 0.251. The molecule has 0 aliphatic carbocycles. The van der Waals surface area contributed by atoms with Crippen LogP contribution in [0.1, 0.15) is 52.0 Å². The topological polar surface area (TPSA) is 61.7 Å². The Kier molecular flexibility index (Phi) is 5.46. The van der Waals surface area contributed by atoms with Crippen LogP contribution in [0.15, 0.2) is 59.9 Å². The number of carbonyl (C=O) groups is 1. The molecule has 1 aromatic carbocycles. The Bertz CT molecular complexity index is 1270. The van der Waals surface area contributed by atoms with Crippen molar-refractivity contribution in [2.75, 3.05) is 13.1 Å². The first-order valence-corrected chi connectivity index (χ1v) is 12.2. The maximum absolute atomic E-state index is 13.2. The first-order chi connectivity index (χ1) is 16.6. The highest BCUT2D eigenvalue weighted by Crippen LogP contribution is 2.32. The summed E-state index contributed by atoms with van der Waals surface area (Å²) < 4.78 is 0. The Morgan fingerprint density at radius 1 is 1.03 bits per heavy atom. The van der Waals surface area contributed by atoms with Gasteiger partial charge in [0.15, 0.2) is 0 Å². The standard InChI is InChI=1S/C28H29N5O/c1-19-11-20(7-9-29-19)28-26-13-23-16-33(27(34)14-21(23)12-22(26)15-31-28)25-6-4-10-32(18-25)17-24-5-2-3-8-30-24/h2-3,5,7-9,11-13,25H,4,6,10,14-18H2,1H3/t25-/m1/s1. The van der Waals surface area contributed by atoms with E-state index in [0.717, 1.165) is 55.1 Å². The van der Waals surface area contributed by atoms with Gasteiger partial charge in [0.25, 0.3) is 0 Å². The minimum Gasteiger partial charge on any atom is -0.334 e. The van der Waals surface area contributed by atoms with Crippen LogP contribution in [0, 0.1) is 6.92 Å². The summed E-state index contributed by atoms with van der Waals surface area (Å²) in [5, 5.41) is 0. The molecule has 1 amide bonds. The van der Waals surface area contributed by atoms with Crippen molar-refractivity contribution in [2.24, 2.45) is 4.99 Å². The average Bonchev–Trinajstić information content (AvgIpc) is 3.26. The van der Waals surface area contributed by atoms with E-state index in [2.05, 4.69) is 44.0 Å². The van der Waals surface area contributed by atoms with Crippen molar-refractivity contribution in [3.05, 3.63) is 94.1 Å². The van der Waals surface area contributed by atoms with Crippen LogP contribution in [0.5, 0.6) is 0 Å². The first-order valence-electron chi connectivity index (χ1n) is 12.2. The molecule has 6 nitrogen and oxygen atoms in total. The zero-order valence-corrected chi connectivity index (χ0v) is 19.6. The number of hydrogen-bond acceptors (Lipinski definition) is 5. The Morgan fingerprint density at radius 2 is 1.97 bits per heavy atom. The quantitative estimate of drug-likeness (QED) is 0.607. The number of nitrogens with zero attached hydrogens (tertiary/aromatic N) is 5. The van der Waals surface area contributed by atoms with Crippen LogP contribution in [0.2, 0.25) is 0 Å². The number of carbonyl (C=O) groups excluding carboxylic acids is 1. The molecule has 1 saturated heterocycles. The van der Waals surface area contributed by atoms with E-state index in [-0.39, 0.29) is 11.9 Å². The second kappa shape index (κ2) is 8.76. The number of likely N-dealkylation sites (tertiary alicyclic amines) is 1. The van der Waals surface area contributed by atoms with Crippen molar-refractivity contribution in [3.63, 3.8) is 0 Å². The summed E-state index contributed by atoms with van der Waals surface area (Å²) in [6.07, 6.45) is 6.36. The SMILES string of the molecule is Cc1cc(C2=NCc3cc4c(cc32)CN([C@@H]2CCCN(Cc3ccccn3)C2)C(=O)C4)ccn1. The number of piperidine rings is 1. The summed E-state index contributed by atoms with van der Waals surface area (Å²) in [4.78, 5) is 31.4.